The van der Waals surface area contributed by atoms with E-state index in [1.807, 2.05) is 6.07 Å². The van der Waals surface area contributed by atoms with Crippen molar-refractivity contribution in [3.63, 3.8) is 0 Å². The van der Waals surface area contributed by atoms with E-state index >= 15 is 0 Å². The van der Waals surface area contributed by atoms with Gasteiger partial charge in [-0.25, -0.2) is 4.39 Å². The highest BCUT2D eigenvalue weighted by molar-refractivity contribution is 5.95. The fourth-order valence-corrected chi connectivity index (χ4v) is 1.09. The smallest absolute Gasteiger partial charge is 0.280 e. The van der Waals surface area contributed by atoms with Crippen molar-refractivity contribution < 1.29 is 9.18 Å². The topological polar surface area (TPSA) is 29.1 Å². The van der Waals surface area contributed by atoms with E-state index in [0.29, 0.717) is 5.56 Å². The lowest BCUT2D eigenvalue weighted by Gasteiger charge is -2.05. The molecule has 0 aliphatic heterocycles. The molecule has 80 valence electrons. The van der Waals surface area contributed by atoms with Crippen molar-refractivity contribution in [3.8, 4) is 0 Å². The van der Waals surface area contributed by atoms with Crippen LogP contribution in [0.5, 0.6) is 0 Å². The first-order chi connectivity index (χ1) is 7.09. The van der Waals surface area contributed by atoms with Crippen LogP contribution in [0.1, 0.15) is 19.4 Å². The Morgan fingerprint density at radius 3 is 2.47 bits per heavy atom. The zero-order chi connectivity index (χ0) is 11.3. The van der Waals surface area contributed by atoms with Gasteiger partial charge in [-0.05, 0) is 25.5 Å². The van der Waals surface area contributed by atoms with Crippen LogP contribution in [-0.4, -0.2) is 11.9 Å². The summed E-state index contributed by atoms with van der Waals surface area (Å²) in [6.07, 6.45) is 1.22. The number of hydrogen-bond acceptors (Lipinski definition) is 1. The van der Waals surface area contributed by atoms with Gasteiger partial charge in [0, 0.05) is 6.04 Å². The van der Waals surface area contributed by atoms with E-state index in [-0.39, 0.29) is 6.04 Å². The molecule has 0 fully saturated rings. The van der Waals surface area contributed by atoms with Gasteiger partial charge in [-0.15, -0.1) is 0 Å². The molecule has 0 radical (unpaired) electrons. The number of rotatable bonds is 3. The Bertz CT molecular complexity index is 357. The van der Waals surface area contributed by atoms with Crippen LogP contribution in [0.4, 0.5) is 4.39 Å². The molecule has 0 unspecified atom stereocenters. The number of benzene rings is 1. The summed E-state index contributed by atoms with van der Waals surface area (Å²) >= 11 is 0. The normalized spacial score (nSPS) is 11.6. The highest BCUT2D eigenvalue weighted by Gasteiger charge is 2.08. The van der Waals surface area contributed by atoms with Crippen molar-refractivity contribution in [2.75, 3.05) is 0 Å². The van der Waals surface area contributed by atoms with E-state index in [1.54, 1.807) is 38.1 Å². The Balaban J connectivity index is 2.72. The number of amides is 1. The maximum atomic E-state index is 13.3. The van der Waals surface area contributed by atoms with Crippen molar-refractivity contribution >= 4 is 12.0 Å². The van der Waals surface area contributed by atoms with Gasteiger partial charge >= 0.3 is 0 Å². The maximum Gasteiger partial charge on any atom is 0.280 e. The van der Waals surface area contributed by atoms with E-state index in [4.69, 9.17) is 0 Å². The van der Waals surface area contributed by atoms with Crippen molar-refractivity contribution in [1.82, 2.24) is 5.32 Å². The summed E-state index contributed by atoms with van der Waals surface area (Å²) in [4.78, 5) is 11.2. The van der Waals surface area contributed by atoms with Gasteiger partial charge in [0.1, 0.15) is 0 Å². The fourth-order valence-electron chi connectivity index (χ4n) is 1.09. The van der Waals surface area contributed by atoms with Gasteiger partial charge in [0.05, 0.1) is 0 Å². The molecule has 1 N–H and O–H groups in total. The Labute approximate surface area is 88.8 Å². The molecule has 0 aliphatic rings. The highest BCUT2D eigenvalue weighted by Crippen LogP contribution is 2.07. The molecular weight excluding hydrogens is 193 g/mol. The van der Waals surface area contributed by atoms with Crippen LogP contribution in [0, 0.1) is 0 Å². The standard InChI is InChI=1S/C12H14FNO/c1-9(2)14-12(15)11(13)8-10-6-4-3-5-7-10/h3-9H,1-2H3,(H,14,15). The van der Waals surface area contributed by atoms with E-state index in [1.165, 1.54) is 6.08 Å². The molecule has 0 atom stereocenters. The first-order valence-corrected chi connectivity index (χ1v) is 4.82. The molecule has 0 heterocycles. The Morgan fingerprint density at radius 2 is 1.93 bits per heavy atom. The zero-order valence-electron chi connectivity index (χ0n) is 8.83. The van der Waals surface area contributed by atoms with Gasteiger partial charge in [-0.2, -0.15) is 0 Å². The van der Waals surface area contributed by atoms with Gasteiger partial charge in [0.2, 0.25) is 0 Å². The third kappa shape index (κ3) is 3.94. The first kappa shape index (κ1) is 11.4. The van der Waals surface area contributed by atoms with Crippen LogP contribution in [0.2, 0.25) is 0 Å². The summed E-state index contributed by atoms with van der Waals surface area (Å²) in [6, 6.07) is 8.83. The first-order valence-electron chi connectivity index (χ1n) is 4.82. The second-order valence-corrected chi connectivity index (χ2v) is 3.53. The summed E-state index contributed by atoms with van der Waals surface area (Å²) in [5.74, 6) is -1.44. The average molecular weight is 207 g/mol. The van der Waals surface area contributed by atoms with Crippen molar-refractivity contribution in [3.05, 3.63) is 41.7 Å². The van der Waals surface area contributed by atoms with E-state index < -0.39 is 11.7 Å². The molecule has 1 rings (SSSR count). The molecule has 0 spiro atoms. The van der Waals surface area contributed by atoms with Gasteiger partial charge in [0.15, 0.2) is 5.83 Å². The van der Waals surface area contributed by atoms with E-state index in [0.717, 1.165) is 0 Å². The second-order valence-electron chi connectivity index (χ2n) is 3.53. The molecule has 1 aromatic carbocycles. The van der Waals surface area contributed by atoms with Crippen LogP contribution >= 0.6 is 0 Å². The van der Waals surface area contributed by atoms with Gasteiger partial charge in [-0.1, -0.05) is 30.3 Å². The predicted molar refractivity (Wildman–Crippen MR) is 58.8 cm³/mol. The van der Waals surface area contributed by atoms with Crippen LogP contribution < -0.4 is 5.32 Å². The summed E-state index contributed by atoms with van der Waals surface area (Å²) in [7, 11) is 0. The third-order valence-corrected chi connectivity index (χ3v) is 1.73. The molecular formula is C12H14FNO. The third-order valence-electron chi connectivity index (χ3n) is 1.73. The molecule has 15 heavy (non-hydrogen) atoms. The summed E-state index contributed by atoms with van der Waals surface area (Å²) < 4.78 is 13.3. The lowest BCUT2D eigenvalue weighted by atomic mass is 10.2. The fraction of sp³-hybridized carbons (Fsp3) is 0.250. The highest BCUT2D eigenvalue weighted by atomic mass is 19.1. The lowest BCUT2D eigenvalue weighted by Crippen LogP contribution is -2.30. The molecule has 0 aliphatic carbocycles. The SMILES string of the molecule is CC(C)NC(=O)C(F)=Cc1ccccc1. The number of nitrogens with one attached hydrogen (secondary N) is 1. The minimum absolute atomic E-state index is 0.0626. The van der Waals surface area contributed by atoms with Crippen LogP contribution in [0.3, 0.4) is 0 Å². The number of carbonyl (C=O) groups excluding carboxylic acids is 1. The summed E-state index contributed by atoms with van der Waals surface area (Å²) in [6.45, 7) is 3.57. The molecule has 3 heteroatoms. The number of carbonyl (C=O) groups is 1. The monoisotopic (exact) mass is 207 g/mol. The molecule has 1 aromatic rings. The Hall–Kier alpha value is -1.64. The largest absolute Gasteiger partial charge is 0.348 e. The zero-order valence-corrected chi connectivity index (χ0v) is 8.83. The minimum atomic E-state index is -0.769. The summed E-state index contributed by atoms with van der Waals surface area (Å²) in [5, 5.41) is 2.48. The van der Waals surface area contributed by atoms with Gasteiger partial charge in [-0.3, -0.25) is 4.79 Å². The quantitative estimate of drug-likeness (QED) is 0.758. The lowest BCUT2D eigenvalue weighted by molar-refractivity contribution is -0.119. The maximum absolute atomic E-state index is 13.3. The minimum Gasteiger partial charge on any atom is -0.348 e. The number of hydrogen-bond donors (Lipinski definition) is 1. The van der Waals surface area contributed by atoms with Crippen LogP contribution in [-0.2, 0) is 4.79 Å². The van der Waals surface area contributed by atoms with Gasteiger partial charge < -0.3 is 5.32 Å². The van der Waals surface area contributed by atoms with Crippen molar-refractivity contribution in [1.29, 1.82) is 0 Å². The molecule has 0 bridgehead atoms. The molecule has 0 saturated heterocycles. The Kier molecular flexibility index (Phi) is 4.03. The van der Waals surface area contributed by atoms with E-state index in [2.05, 4.69) is 5.32 Å². The van der Waals surface area contributed by atoms with Gasteiger partial charge in [0.25, 0.3) is 5.91 Å². The van der Waals surface area contributed by atoms with Crippen LogP contribution in [0.25, 0.3) is 6.08 Å². The second kappa shape index (κ2) is 5.29. The predicted octanol–water partition coefficient (Wildman–Crippen LogP) is 2.52. The van der Waals surface area contributed by atoms with E-state index in [9.17, 15) is 9.18 Å². The molecule has 0 aromatic heterocycles. The molecule has 1 amide bonds. The van der Waals surface area contributed by atoms with Crippen molar-refractivity contribution in [2.45, 2.75) is 19.9 Å². The molecule has 2 nitrogen and oxygen atoms in total. The van der Waals surface area contributed by atoms with Crippen LogP contribution in [0.15, 0.2) is 36.2 Å². The Morgan fingerprint density at radius 1 is 1.33 bits per heavy atom. The number of halogens is 1. The van der Waals surface area contributed by atoms with Crippen molar-refractivity contribution in [2.24, 2.45) is 0 Å². The average Bonchev–Trinajstić information content (AvgIpc) is 2.18. The molecule has 0 saturated carbocycles. The summed E-state index contributed by atoms with van der Waals surface area (Å²) in [5.41, 5.74) is 0.675.